The van der Waals surface area contributed by atoms with Crippen LogP contribution in [0.1, 0.15) is 12.0 Å². The van der Waals surface area contributed by atoms with Gasteiger partial charge in [-0.15, -0.1) is 0 Å². The SMILES string of the molecule is Nc1nc(N2CCCN(Cc3ccc(F)cc3)CC2)ncc1[N+](=O)[O-]. The van der Waals surface area contributed by atoms with E-state index >= 15 is 0 Å². The highest BCUT2D eigenvalue weighted by Crippen LogP contribution is 2.21. The average molecular weight is 346 g/mol. The van der Waals surface area contributed by atoms with Crippen LogP contribution >= 0.6 is 0 Å². The van der Waals surface area contributed by atoms with Crippen molar-refractivity contribution in [1.29, 1.82) is 0 Å². The fourth-order valence-corrected chi connectivity index (χ4v) is 2.85. The first kappa shape index (κ1) is 17.0. The molecule has 1 aromatic carbocycles. The third-order valence-electron chi connectivity index (χ3n) is 4.17. The molecule has 1 aliphatic rings. The normalized spacial score (nSPS) is 15.8. The van der Waals surface area contributed by atoms with Crippen molar-refractivity contribution in [1.82, 2.24) is 14.9 Å². The van der Waals surface area contributed by atoms with E-state index in [1.807, 2.05) is 4.90 Å². The Labute approximate surface area is 144 Å². The summed E-state index contributed by atoms with van der Waals surface area (Å²) in [4.78, 5) is 22.6. The topological polar surface area (TPSA) is 101 Å². The lowest BCUT2D eigenvalue weighted by molar-refractivity contribution is -0.384. The van der Waals surface area contributed by atoms with Crippen molar-refractivity contribution in [2.75, 3.05) is 36.8 Å². The molecule has 25 heavy (non-hydrogen) atoms. The van der Waals surface area contributed by atoms with E-state index in [2.05, 4.69) is 14.9 Å². The summed E-state index contributed by atoms with van der Waals surface area (Å²) in [6, 6.07) is 6.51. The lowest BCUT2D eigenvalue weighted by Gasteiger charge is -2.22. The van der Waals surface area contributed by atoms with Gasteiger partial charge in [0.05, 0.1) is 4.92 Å². The second-order valence-electron chi connectivity index (χ2n) is 5.94. The number of benzene rings is 1. The number of hydrogen-bond acceptors (Lipinski definition) is 7. The Hall–Kier alpha value is -2.81. The van der Waals surface area contributed by atoms with Gasteiger partial charge in [-0.2, -0.15) is 4.98 Å². The van der Waals surface area contributed by atoms with Crippen LogP contribution in [0.2, 0.25) is 0 Å². The van der Waals surface area contributed by atoms with Gasteiger partial charge < -0.3 is 10.6 Å². The molecule has 0 bridgehead atoms. The van der Waals surface area contributed by atoms with E-state index in [1.165, 1.54) is 12.1 Å². The van der Waals surface area contributed by atoms with E-state index < -0.39 is 4.92 Å². The van der Waals surface area contributed by atoms with E-state index in [9.17, 15) is 14.5 Å². The van der Waals surface area contributed by atoms with Crippen LogP contribution in [0.15, 0.2) is 30.5 Å². The van der Waals surface area contributed by atoms with Crippen LogP contribution in [0, 0.1) is 15.9 Å². The quantitative estimate of drug-likeness (QED) is 0.665. The van der Waals surface area contributed by atoms with Gasteiger partial charge in [-0.05, 0) is 24.1 Å². The summed E-state index contributed by atoms with van der Waals surface area (Å²) in [5.74, 6) is 0.0489. The monoisotopic (exact) mass is 346 g/mol. The van der Waals surface area contributed by atoms with E-state index in [1.54, 1.807) is 12.1 Å². The van der Waals surface area contributed by atoms with Crippen molar-refractivity contribution in [3.8, 4) is 0 Å². The van der Waals surface area contributed by atoms with Crippen molar-refractivity contribution in [2.24, 2.45) is 0 Å². The predicted molar refractivity (Wildman–Crippen MR) is 91.6 cm³/mol. The standard InChI is InChI=1S/C16H19FN6O2/c17-13-4-2-12(3-5-13)11-21-6-1-7-22(9-8-21)16-19-10-14(23(24)25)15(18)20-16/h2-5,10H,1,6-9,11H2,(H2,18,19,20). The molecule has 0 unspecified atom stereocenters. The maximum absolute atomic E-state index is 13.0. The number of nitrogens with zero attached hydrogens (tertiary/aromatic N) is 5. The summed E-state index contributed by atoms with van der Waals surface area (Å²) in [7, 11) is 0. The first-order valence-corrected chi connectivity index (χ1v) is 8.01. The largest absolute Gasteiger partial charge is 0.378 e. The van der Waals surface area contributed by atoms with Gasteiger partial charge in [-0.25, -0.2) is 9.37 Å². The molecule has 0 radical (unpaired) electrons. The molecule has 0 amide bonds. The van der Waals surface area contributed by atoms with Crippen molar-refractivity contribution in [2.45, 2.75) is 13.0 Å². The molecule has 8 nitrogen and oxygen atoms in total. The summed E-state index contributed by atoms with van der Waals surface area (Å²) in [5.41, 5.74) is 6.43. The Morgan fingerprint density at radius 1 is 1.20 bits per heavy atom. The molecule has 0 saturated carbocycles. The Kier molecular flexibility index (Phi) is 5.03. The molecular formula is C16H19FN6O2. The van der Waals surface area contributed by atoms with Gasteiger partial charge in [0, 0.05) is 32.7 Å². The van der Waals surface area contributed by atoms with E-state index in [4.69, 9.17) is 5.73 Å². The Balaban J connectivity index is 1.64. The molecule has 132 valence electrons. The molecule has 0 aliphatic carbocycles. The zero-order valence-corrected chi connectivity index (χ0v) is 13.6. The number of hydrogen-bond donors (Lipinski definition) is 1. The van der Waals surface area contributed by atoms with Gasteiger partial charge in [0.2, 0.25) is 11.8 Å². The van der Waals surface area contributed by atoms with Gasteiger partial charge in [-0.3, -0.25) is 15.0 Å². The van der Waals surface area contributed by atoms with Crippen LogP contribution in [-0.4, -0.2) is 46.0 Å². The first-order valence-electron chi connectivity index (χ1n) is 8.01. The lowest BCUT2D eigenvalue weighted by atomic mass is 10.2. The minimum absolute atomic E-state index is 0.123. The van der Waals surface area contributed by atoms with Crippen molar-refractivity contribution < 1.29 is 9.31 Å². The Bertz CT molecular complexity index is 755. The fraction of sp³-hybridized carbons (Fsp3) is 0.375. The summed E-state index contributed by atoms with van der Waals surface area (Å²) in [5, 5.41) is 10.8. The smallest absolute Gasteiger partial charge is 0.329 e. The first-order chi connectivity index (χ1) is 12.0. The number of aromatic nitrogens is 2. The summed E-state index contributed by atoms with van der Waals surface area (Å²) >= 11 is 0. The average Bonchev–Trinajstić information content (AvgIpc) is 2.82. The number of halogens is 1. The summed E-state index contributed by atoms with van der Waals surface area (Å²) in [6.45, 7) is 3.88. The van der Waals surface area contributed by atoms with Gasteiger partial charge in [0.25, 0.3) is 0 Å². The van der Waals surface area contributed by atoms with Crippen molar-refractivity contribution in [3.63, 3.8) is 0 Å². The summed E-state index contributed by atoms with van der Waals surface area (Å²) in [6.07, 6.45) is 2.06. The zero-order chi connectivity index (χ0) is 17.8. The molecule has 2 heterocycles. The predicted octanol–water partition coefficient (Wildman–Crippen LogP) is 1.82. The van der Waals surface area contributed by atoms with Crippen molar-refractivity contribution in [3.05, 3.63) is 52.0 Å². The van der Waals surface area contributed by atoms with E-state index in [0.29, 0.717) is 12.5 Å². The number of nitrogens with two attached hydrogens (primary N) is 1. The van der Waals surface area contributed by atoms with E-state index in [-0.39, 0.29) is 17.3 Å². The van der Waals surface area contributed by atoms with Crippen LogP contribution in [-0.2, 0) is 6.54 Å². The minimum atomic E-state index is -0.591. The highest BCUT2D eigenvalue weighted by Gasteiger charge is 2.20. The molecule has 2 N–H and O–H groups in total. The van der Waals surface area contributed by atoms with Crippen LogP contribution in [0.5, 0.6) is 0 Å². The Morgan fingerprint density at radius 2 is 1.96 bits per heavy atom. The van der Waals surface area contributed by atoms with Gasteiger partial charge in [-0.1, -0.05) is 12.1 Å². The fourth-order valence-electron chi connectivity index (χ4n) is 2.85. The molecule has 9 heteroatoms. The maximum atomic E-state index is 13.0. The van der Waals surface area contributed by atoms with Crippen LogP contribution in [0.3, 0.4) is 0 Å². The third-order valence-corrected chi connectivity index (χ3v) is 4.17. The number of anilines is 2. The van der Waals surface area contributed by atoms with Crippen molar-refractivity contribution >= 4 is 17.5 Å². The lowest BCUT2D eigenvalue weighted by Crippen LogP contribution is -2.31. The molecular weight excluding hydrogens is 327 g/mol. The zero-order valence-electron chi connectivity index (χ0n) is 13.6. The highest BCUT2D eigenvalue weighted by atomic mass is 19.1. The number of nitro groups is 1. The molecule has 1 aliphatic heterocycles. The van der Waals surface area contributed by atoms with Crippen LogP contribution < -0.4 is 10.6 Å². The van der Waals surface area contributed by atoms with Gasteiger partial charge in [0.15, 0.2) is 0 Å². The van der Waals surface area contributed by atoms with Gasteiger partial charge in [0.1, 0.15) is 12.0 Å². The minimum Gasteiger partial charge on any atom is -0.378 e. The van der Waals surface area contributed by atoms with Crippen LogP contribution in [0.25, 0.3) is 0 Å². The number of rotatable bonds is 4. The molecule has 1 fully saturated rings. The molecule has 0 atom stereocenters. The van der Waals surface area contributed by atoms with Gasteiger partial charge >= 0.3 is 5.69 Å². The molecule has 2 aromatic rings. The highest BCUT2D eigenvalue weighted by molar-refractivity contribution is 5.53. The second kappa shape index (κ2) is 7.39. The molecule has 1 saturated heterocycles. The Morgan fingerprint density at radius 3 is 2.64 bits per heavy atom. The van der Waals surface area contributed by atoms with E-state index in [0.717, 1.165) is 44.4 Å². The number of nitrogen functional groups attached to an aromatic ring is 1. The second-order valence-corrected chi connectivity index (χ2v) is 5.94. The summed E-state index contributed by atoms with van der Waals surface area (Å²) < 4.78 is 13.0. The van der Waals surface area contributed by atoms with Crippen LogP contribution in [0.4, 0.5) is 21.8 Å². The maximum Gasteiger partial charge on any atom is 0.329 e. The molecule has 3 rings (SSSR count). The molecule has 0 spiro atoms. The molecule has 1 aromatic heterocycles. The third kappa shape index (κ3) is 4.18.